The van der Waals surface area contributed by atoms with Crippen LogP contribution >= 0.6 is 0 Å². The molecule has 0 saturated carbocycles. The van der Waals surface area contributed by atoms with Crippen molar-refractivity contribution in [2.45, 2.75) is 0 Å². The van der Waals surface area contributed by atoms with Crippen LogP contribution in [0, 0.1) is 23.7 Å². The fourth-order valence-electron chi connectivity index (χ4n) is 3.12. The quantitative estimate of drug-likeness (QED) is 0.506. The van der Waals surface area contributed by atoms with E-state index in [4.69, 9.17) is 28.4 Å². The third-order valence-corrected chi connectivity index (χ3v) is 4.91. The summed E-state index contributed by atoms with van der Waals surface area (Å²) in [6.07, 6.45) is 0. The summed E-state index contributed by atoms with van der Waals surface area (Å²) in [5.74, 6) is 16.4. The van der Waals surface area contributed by atoms with Gasteiger partial charge in [-0.25, -0.2) is 0 Å². The predicted octanol–water partition coefficient (Wildman–Crippen LogP) is 4.54. The summed E-state index contributed by atoms with van der Waals surface area (Å²) in [7, 11) is 9.55. The van der Waals surface area contributed by atoms with E-state index in [9.17, 15) is 0 Å². The number of hydrogen-bond acceptors (Lipinski definition) is 6. The molecule has 0 amide bonds. The molecule has 0 fully saturated rings. The summed E-state index contributed by atoms with van der Waals surface area (Å²) < 4.78 is 32.3. The molecule has 0 saturated heterocycles. The number of ether oxygens (including phenoxy) is 6. The van der Waals surface area contributed by atoms with Crippen molar-refractivity contribution in [2.24, 2.45) is 0 Å². The molecule has 3 aromatic rings. The molecule has 0 aliphatic rings. The number of rotatable bonds is 6. The van der Waals surface area contributed by atoms with Crippen LogP contribution < -0.4 is 28.4 Å². The van der Waals surface area contributed by atoms with E-state index in [0.717, 1.165) is 11.1 Å². The minimum Gasteiger partial charge on any atom is -0.497 e. The molecule has 0 aromatic heterocycles. The zero-order valence-electron chi connectivity index (χ0n) is 20.1. The van der Waals surface area contributed by atoms with Crippen LogP contribution in [0.15, 0.2) is 48.5 Å². The average molecular weight is 459 g/mol. The first-order chi connectivity index (χ1) is 16.5. The van der Waals surface area contributed by atoms with Crippen molar-refractivity contribution in [2.75, 3.05) is 42.7 Å². The van der Waals surface area contributed by atoms with Gasteiger partial charge in [-0.15, -0.1) is 0 Å². The van der Waals surface area contributed by atoms with Crippen molar-refractivity contribution in [1.29, 1.82) is 0 Å². The predicted molar refractivity (Wildman–Crippen MR) is 131 cm³/mol. The fraction of sp³-hybridized carbons (Fsp3) is 0.214. The van der Waals surface area contributed by atoms with E-state index < -0.39 is 0 Å². The Morgan fingerprint density at radius 2 is 0.706 bits per heavy atom. The zero-order chi connectivity index (χ0) is 24.5. The van der Waals surface area contributed by atoms with Crippen LogP contribution in [0.3, 0.4) is 0 Å². The zero-order valence-corrected chi connectivity index (χ0v) is 20.1. The maximum atomic E-state index is 5.47. The van der Waals surface area contributed by atoms with Gasteiger partial charge >= 0.3 is 0 Å². The van der Waals surface area contributed by atoms with E-state index >= 15 is 0 Å². The van der Waals surface area contributed by atoms with Gasteiger partial charge in [0.25, 0.3) is 0 Å². The molecule has 0 aliphatic carbocycles. The molecular formula is C28H26O6. The van der Waals surface area contributed by atoms with Gasteiger partial charge in [0.05, 0.1) is 42.7 Å². The molecule has 0 radical (unpaired) electrons. The lowest BCUT2D eigenvalue weighted by atomic mass is 10.0. The average Bonchev–Trinajstić information content (AvgIpc) is 2.89. The van der Waals surface area contributed by atoms with Gasteiger partial charge < -0.3 is 28.4 Å². The molecule has 0 unspecified atom stereocenters. The van der Waals surface area contributed by atoms with Crippen molar-refractivity contribution in [3.63, 3.8) is 0 Å². The third-order valence-electron chi connectivity index (χ3n) is 4.91. The van der Waals surface area contributed by atoms with Crippen molar-refractivity contribution >= 4 is 0 Å². The summed E-state index contributed by atoms with van der Waals surface area (Å²) in [6.45, 7) is 0. The second kappa shape index (κ2) is 11.4. The van der Waals surface area contributed by atoms with Crippen molar-refractivity contribution < 1.29 is 28.4 Å². The first-order valence-electron chi connectivity index (χ1n) is 10.3. The standard InChI is InChI=1S/C28H26O6/c1-29-23-11-19(12-24(17-23)30-2)7-9-21-15-27(33-5)28(34-6)16-22(21)10-8-20-13-25(31-3)18-26(14-20)32-4/h11-18H,1-6H3. The normalized spacial score (nSPS) is 9.59. The highest BCUT2D eigenvalue weighted by Gasteiger charge is 2.09. The van der Waals surface area contributed by atoms with Crippen molar-refractivity contribution in [3.05, 3.63) is 70.8 Å². The van der Waals surface area contributed by atoms with Gasteiger partial charge in [-0.05, 0) is 24.3 Å². The lowest BCUT2D eigenvalue weighted by Gasteiger charge is -2.09. The van der Waals surface area contributed by atoms with Crippen LogP contribution in [-0.2, 0) is 0 Å². The van der Waals surface area contributed by atoms with Gasteiger partial charge in [-0.3, -0.25) is 0 Å². The Balaban J connectivity index is 2.11. The molecule has 3 rings (SSSR count). The molecule has 34 heavy (non-hydrogen) atoms. The fourth-order valence-corrected chi connectivity index (χ4v) is 3.12. The molecule has 0 spiro atoms. The van der Waals surface area contributed by atoms with Crippen LogP contribution in [0.4, 0.5) is 0 Å². The van der Waals surface area contributed by atoms with E-state index in [1.54, 1.807) is 66.9 Å². The first kappa shape index (κ1) is 24.2. The largest absolute Gasteiger partial charge is 0.497 e. The van der Waals surface area contributed by atoms with E-state index in [2.05, 4.69) is 23.7 Å². The van der Waals surface area contributed by atoms with Crippen LogP contribution in [0.2, 0.25) is 0 Å². The maximum absolute atomic E-state index is 5.47. The topological polar surface area (TPSA) is 55.4 Å². The summed E-state index contributed by atoms with van der Waals surface area (Å²) in [6, 6.07) is 14.5. The Labute approximate surface area is 200 Å². The summed E-state index contributed by atoms with van der Waals surface area (Å²) in [5, 5.41) is 0. The highest BCUT2D eigenvalue weighted by Crippen LogP contribution is 2.30. The SMILES string of the molecule is COc1cc(C#Cc2cc(OC)c(OC)cc2C#Cc2cc(OC)cc(OC)c2)cc(OC)c1. The smallest absolute Gasteiger partial charge is 0.162 e. The Morgan fingerprint density at radius 1 is 0.382 bits per heavy atom. The molecule has 0 N–H and O–H groups in total. The van der Waals surface area contributed by atoms with Gasteiger partial charge in [0.2, 0.25) is 0 Å². The van der Waals surface area contributed by atoms with Gasteiger partial charge in [0, 0.05) is 46.5 Å². The Bertz CT molecular complexity index is 1140. The van der Waals surface area contributed by atoms with Crippen LogP contribution in [-0.4, -0.2) is 42.7 Å². The lowest BCUT2D eigenvalue weighted by molar-refractivity contribution is 0.355. The second-order valence-electron chi connectivity index (χ2n) is 6.96. The van der Waals surface area contributed by atoms with Gasteiger partial charge in [0.15, 0.2) is 11.5 Å². The van der Waals surface area contributed by atoms with E-state index in [1.165, 1.54) is 0 Å². The molecular weight excluding hydrogens is 432 g/mol. The number of hydrogen-bond donors (Lipinski definition) is 0. The first-order valence-corrected chi connectivity index (χ1v) is 10.3. The Kier molecular flexibility index (Phi) is 8.16. The minimum absolute atomic E-state index is 0.559. The molecule has 0 heterocycles. The van der Waals surface area contributed by atoms with E-state index in [-0.39, 0.29) is 0 Å². The van der Waals surface area contributed by atoms with Crippen LogP contribution in [0.1, 0.15) is 22.3 Å². The Morgan fingerprint density at radius 3 is 0.971 bits per heavy atom. The molecule has 174 valence electrons. The Hall–Kier alpha value is -4.42. The van der Waals surface area contributed by atoms with Gasteiger partial charge in [-0.2, -0.15) is 0 Å². The summed E-state index contributed by atoms with van der Waals surface area (Å²) in [5.41, 5.74) is 2.84. The minimum atomic E-state index is 0.559. The highest BCUT2D eigenvalue weighted by atomic mass is 16.5. The lowest BCUT2D eigenvalue weighted by Crippen LogP contribution is -1.94. The van der Waals surface area contributed by atoms with Crippen LogP contribution in [0.5, 0.6) is 34.5 Å². The van der Waals surface area contributed by atoms with E-state index in [1.807, 2.05) is 24.3 Å². The number of methoxy groups -OCH3 is 6. The molecule has 6 nitrogen and oxygen atoms in total. The summed E-state index contributed by atoms with van der Waals surface area (Å²) in [4.78, 5) is 0. The molecule has 3 aromatic carbocycles. The number of benzene rings is 3. The third kappa shape index (κ3) is 5.88. The molecule has 0 bridgehead atoms. The van der Waals surface area contributed by atoms with Crippen molar-refractivity contribution in [3.8, 4) is 58.2 Å². The molecule has 6 heteroatoms. The van der Waals surface area contributed by atoms with E-state index in [0.29, 0.717) is 45.6 Å². The molecule has 0 atom stereocenters. The van der Waals surface area contributed by atoms with Crippen LogP contribution in [0.25, 0.3) is 0 Å². The van der Waals surface area contributed by atoms with Gasteiger partial charge in [-0.1, -0.05) is 23.7 Å². The summed E-state index contributed by atoms with van der Waals surface area (Å²) >= 11 is 0. The van der Waals surface area contributed by atoms with Crippen molar-refractivity contribution in [1.82, 2.24) is 0 Å². The highest BCUT2D eigenvalue weighted by molar-refractivity contribution is 5.61. The van der Waals surface area contributed by atoms with Gasteiger partial charge in [0.1, 0.15) is 23.0 Å². The molecule has 0 aliphatic heterocycles. The second-order valence-corrected chi connectivity index (χ2v) is 6.96. The monoisotopic (exact) mass is 458 g/mol. The maximum Gasteiger partial charge on any atom is 0.162 e.